The zero-order valence-electron chi connectivity index (χ0n) is 11.2. The van der Waals surface area contributed by atoms with Crippen LogP contribution >= 0.6 is 11.3 Å². The fourth-order valence-electron chi connectivity index (χ4n) is 2.62. The predicted molar refractivity (Wildman–Crippen MR) is 79.0 cm³/mol. The Morgan fingerprint density at radius 2 is 2.37 bits per heavy atom. The molecular formula is C14H20N4S. The summed E-state index contributed by atoms with van der Waals surface area (Å²) in [5.41, 5.74) is 7.23. The smallest absolute Gasteiger partial charge is 0.0576 e. The van der Waals surface area contributed by atoms with Gasteiger partial charge in [-0.2, -0.15) is 5.10 Å². The van der Waals surface area contributed by atoms with Crippen molar-refractivity contribution in [3.8, 4) is 10.4 Å². The Kier molecular flexibility index (Phi) is 3.68. The Bertz CT molecular complexity index is 545. The van der Waals surface area contributed by atoms with Gasteiger partial charge in [0.25, 0.3) is 0 Å². The van der Waals surface area contributed by atoms with Crippen molar-refractivity contribution in [1.82, 2.24) is 14.7 Å². The van der Waals surface area contributed by atoms with Gasteiger partial charge >= 0.3 is 0 Å². The molecule has 0 saturated carbocycles. The summed E-state index contributed by atoms with van der Waals surface area (Å²) < 4.78 is 1.85. The third-order valence-corrected chi connectivity index (χ3v) is 4.69. The minimum absolute atomic E-state index is 0.353. The SMILES string of the molecule is Cn1cc(-c2ccc(CN3CCCC(N)C3)s2)cn1. The number of nitrogens with zero attached hydrogens (tertiary/aromatic N) is 3. The molecule has 0 radical (unpaired) electrons. The number of hydrogen-bond acceptors (Lipinski definition) is 4. The van der Waals surface area contributed by atoms with Crippen LogP contribution in [0.5, 0.6) is 0 Å². The molecule has 1 aliphatic heterocycles. The van der Waals surface area contributed by atoms with Crippen LogP contribution in [0.4, 0.5) is 0 Å². The molecule has 0 aromatic carbocycles. The van der Waals surface area contributed by atoms with Gasteiger partial charge in [-0.3, -0.25) is 9.58 Å². The van der Waals surface area contributed by atoms with Gasteiger partial charge in [-0.1, -0.05) is 0 Å². The van der Waals surface area contributed by atoms with Gasteiger partial charge in [0, 0.05) is 47.7 Å². The van der Waals surface area contributed by atoms with Gasteiger partial charge in [0.05, 0.1) is 6.20 Å². The molecule has 0 bridgehead atoms. The molecule has 2 aromatic heterocycles. The highest BCUT2D eigenvalue weighted by Crippen LogP contribution is 2.28. The van der Waals surface area contributed by atoms with Crippen molar-refractivity contribution < 1.29 is 0 Å². The minimum atomic E-state index is 0.353. The molecule has 1 unspecified atom stereocenters. The zero-order chi connectivity index (χ0) is 13.2. The third kappa shape index (κ3) is 3.05. The molecule has 5 heteroatoms. The Labute approximate surface area is 117 Å². The standard InChI is InChI=1S/C14H20N4S/c1-17-8-11(7-16-17)14-5-4-13(19-14)10-18-6-2-3-12(15)9-18/h4-5,7-8,12H,2-3,6,9-10,15H2,1H3. The van der Waals surface area contributed by atoms with Gasteiger partial charge < -0.3 is 5.73 Å². The number of thiophene rings is 1. The summed E-state index contributed by atoms with van der Waals surface area (Å²) >= 11 is 1.86. The molecule has 1 aliphatic rings. The molecule has 3 rings (SSSR count). The lowest BCUT2D eigenvalue weighted by Crippen LogP contribution is -2.42. The highest BCUT2D eigenvalue weighted by molar-refractivity contribution is 7.15. The first-order valence-corrected chi connectivity index (χ1v) is 7.58. The van der Waals surface area contributed by atoms with Crippen LogP contribution in [0.2, 0.25) is 0 Å². The first-order valence-electron chi connectivity index (χ1n) is 6.76. The zero-order valence-corrected chi connectivity index (χ0v) is 12.1. The quantitative estimate of drug-likeness (QED) is 0.933. The first kappa shape index (κ1) is 12.8. The molecular weight excluding hydrogens is 256 g/mol. The average Bonchev–Trinajstić information content (AvgIpc) is 2.98. The van der Waals surface area contributed by atoms with Crippen molar-refractivity contribution in [3.63, 3.8) is 0 Å². The van der Waals surface area contributed by atoms with Crippen LogP contribution in [0.15, 0.2) is 24.5 Å². The van der Waals surface area contributed by atoms with Crippen molar-refractivity contribution in [3.05, 3.63) is 29.4 Å². The maximum absolute atomic E-state index is 6.03. The van der Waals surface area contributed by atoms with Gasteiger partial charge in [-0.15, -0.1) is 11.3 Å². The second-order valence-electron chi connectivity index (χ2n) is 5.31. The predicted octanol–water partition coefficient (Wildman–Crippen LogP) is 2.07. The van der Waals surface area contributed by atoms with Gasteiger partial charge in [0.2, 0.25) is 0 Å². The molecule has 102 valence electrons. The summed E-state index contributed by atoms with van der Waals surface area (Å²) in [6.07, 6.45) is 6.38. The first-order chi connectivity index (χ1) is 9.20. The number of aryl methyl sites for hydroxylation is 1. The molecule has 4 nitrogen and oxygen atoms in total. The largest absolute Gasteiger partial charge is 0.327 e. The van der Waals surface area contributed by atoms with Crippen molar-refractivity contribution >= 4 is 11.3 Å². The van der Waals surface area contributed by atoms with Crippen molar-refractivity contribution in [1.29, 1.82) is 0 Å². The number of aromatic nitrogens is 2. The van der Waals surface area contributed by atoms with Gasteiger partial charge in [0.1, 0.15) is 0 Å². The summed E-state index contributed by atoms with van der Waals surface area (Å²) in [5, 5.41) is 4.22. The molecule has 2 aromatic rings. The van der Waals surface area contributed by atoms with Gasteiger partial charge in [-0.05, 0) is 31.5 Å². The van der Waals surface area contributed by atoms with E-state index in [-0.39, 0.29) is 0 Å². The topological polar surface area (TPSA) is 47.1 Å². The Morgan fingerprint density at radius 1 is 1.47 bits per heavy atom. The number of likely N-dealkylation sites (tertiary alicyclic amines) is 1. The summed E-state index contributed by atoms with van der Waals surface area (Å²) in [6, 6.07) is 4.78. The van der Waals surface area contributed by atoms with Crippen LogP contribution in [0.25, 0.3) is 10.4 Å². The van der Waals surface area contributed by atoms with Crippen molar-refractivity contribution in [2.75, 3.05) is 13.1 Å². The molecule has 1 atom stereocenters. The lowest BCUT2D eigenvalue weighted by Gasteiger charge is -2.30. The second kappa shape index (κ2) is 5.45. The summed E-state index contributed by atoms with van der Waals surface area (Å²) in [5.74, 6) is 0. The fraction of sp³-hybridized carbons (Fsp3) is 0.500. The molecule has 0 amide bonds. The molecule has 19 heavy (non-hydrogen) atoms. The highest BCUT2D eigenvalue weighted by atomic mass is 32.1. The van der Waals surface area contributed by atoms with Crippen LogP contribution in [0.3, 0.4) is 0 Å². The normalized spacial score (nSPS) is 20.8. The number of piperidine rings is 1. The Hall–Kier alpha value is -1.17. The van der Waals surface area contributed by atoms with E-state index < -0.39 is 0 Å². The Morgan fingerprint density at radius 3 is 3.11 bits per heavy atom. The van der Waals surface area contributed by atoms with Gasteiger partial charge in [-0.25, -0.2) is 0 Å². The molecule has 1 saturated heterocycles. The average molecular weight is 276 g/mol. The monoisotopic (exact) mass is 276 g/mol. The van der Waals surface area contributed by atoms with E-state index >= 15 is 0 Å². The highest BCUT2D eigenvalue weighted by Gasteiger charge is 2.17. The molecule has 0 spiro atoms. The lowest BCUT2D eigenvalue weighted by molar-refractivity contribution is 0.203. The van der Waals surface area contributed by atoms with Crippen molar-refractivity contribution in [2.24, 2.45) is 12.8 Å². The van der Waals surface area contributed by atoms with E-state index in [1.54, 1.807) is 0 Å². The summed E-state index contributed by atoms with van der Waals surface area (Å²) in [7, 11) is 1.95. The number of rotatable bonds is 3. The van der Waals surface area contributed by atoms with Crippen molar-refractivity contribution in [2.45, 2.75) is 25.4 Å². The van der Waals surface area contributed by atoms with Gasteiger partial charge in [0.15, 0.2) is 0 Å². The van der Waals surface area contributed by atoms with E-state index in [0.29, 0.717) is 6.04 Å². The van der Waals surface area contributed by atoms with E-state index in [2.05, 4.69) is 28.3 Å². The molecule has 1 fully saturated rings. The second-order valence-corrected chi connectivity index (χ2v) is 6.47. The Balaban J connectivity index is 1.68. The van der Waals surface area contributed by atoms with Crippen LogP contribution < -0.4 is 5.73 Å². The lowest BCUT2D eigenvalue weighted by atomic mass is 10.1. The number of nitrogens with two attached hydrogens (primary N) is 1. The van der Waals surface area contributed by atoms with E-state index in [4.69, 9.17) is 5.73 Å². The van der Waals surface area contributed by atoms with E-state index in [1.807, 2.05) is 29.3 Å². The van der Waals surface area contributed by atoms with E-state index in [9.17, 15) is 0 Å². The third-order valence-electron chi connectivity index (χ3n) is 3.57. The van der Waals surface area contributed by atoms with E-state index in [0.717, 1.165) is 13.1 Å². The van der Waals surface area contributed by atoms with Crippen LogP contribution in [0.1, 0.15) is 17.7 Å². The minimum Gasteiger partial charge on any atom is -0.327 e. The van der Waals surface area contributed by atoms with E-state index in [1.165, 1.54) is 34.7 Å². The van der Waals surface area contributed by atoms with Crippen LogP contribution in [-0.4, -0.2) is 33.8 Å². The maximum atomic E-state index is 6.03. The fourth-order valence-corrected chi connectivity index (χ4v) is 3.65. The summed E-state index contributed by atoms with van der Waals surface area (Å²) in [4.78, 5) is 5.17. The summed E-state index contributed by atoms with van der Waals surface area (Å²) in [6.45, 7) is 3.23. The number of hydrogen-bond donors (Lipinski definition) is 1. The maximum Gasteiger partial charge on any atom is 0.0576 e. The molecule has 0 aliphatic carbocycles. The van der Waals surface area contributed by atoms with Crippen LogP contribution in [-0.2, 0) is 13.6 Å². The molecule has 3 heterocycles. The van der Waals surface area contributed by atoms with Crippen LogP contribution in [0, 0.1) is 0 Å². The molecule has 2 N–H and O–H groups in total.